The number of hydrogen-bond donors (Lipinski definition) is 1. The quantitative estimate of drug-likeness (QED) is 0.663. The Bertz CT molecular complexity index is 523. The first-order chi connectivity index (χ1) is 9.77. The Morgan fingerprint density at radius 2 is 1.86 bits per heavy atom. The summed E-state index contributed by atoms with van der Waals surface area (Å²) in [5, 5.41) is 14.0. The second-order valence-corrected chi connectivity index (χ2v) is 5.51. The van der Waals surface area contributed by atoms with Crippen molar-refractivity contribution in [3.8, 4) is 0 Å². The molecule has 0 aliphatic heterocycles. The van der Waals surface area contributed by atoms with Gasteiger partial charge in [-0.1, -0.05) is 6.07 Å². The minimum absolute atomic E-state index is 0.0430. The van der Waals surface area contributed by atoms with Gasteiger partial charge in [-0.05, 0) is 44.2 Å². The van der Waals surface area contributed by atoms with Crippen molar-refractivity contribution in [2.75, 3.05) is 5.32 Å². The predicted octanol–water partition coefficient (Wildman–Crippen LogP) is 4.44. The Labute approximate surface area is 120 Å². The lowest BCUT2D eigenvalue weighted by molar-refractivity contribution is -0.384. The maximum atomic E-state index is 12.6. The SMILES string of the molecule is Cc1ccc([N+](=O)[O-])c(NC2CCC(C(F)(F)F)CC2)c1. The van der Waals surface area contributed by atoms with Crippen LogP contribution in [0.2, 0.25) is 0 Å². The fraction of sp³-hybridized carbons (Fsp3) is 0.571. The largest absolute Gasteiger partial charge is 0.391 e. The molecule has 0 heterocycles. The van der Waals surface area contributed by atoms with Crippen LogP contribution in [0, 0.1) is 23.0 Å². The monoisotopic (exact) mass is 302 g/mol. The summed E-state index contributed by atoms with van der Waals surface area (Å²) in [4.78, 5) is 10.5. The van der Waals surface area contributed by atoms with Crippen molar-refractivity contribution in [3.05, 3.63) is 33.9 Å². The molecule has 0 aromatic heterocycles. The minimum atomic E-state index is -4.14. The van der Waals surface area contributed by atoms with Gasteiger partial charge in [0, 0.05) is 12.1 Å². The summed E-state index contributed by atoms with van der Waals surface area (Å²) in [7, 11) is 0. The first kappa shape index (κ1) is 15.6. The Hall–Kier alpha value is -1.79. The van der Waals surface area contributed by atoms with Gasteiger partial charge in [0.15, 0.2) is 0 Å². The Balaban J connectivity index is 2.04. The molecule has 1 saturated carbocycles. The van der Waals surface area contributed by atoms with E-state index in [1.807, 2.05) is 6.92 Å². The number of nitrogens with zero attached hydrogens (tertiary/aromatic N) is 1. The van der Waals surface area contributed by atoms with Crippen LogP contribution in [0.3, 0.4) is 0 Å². The third kappa shape index (κ3) is 3.86. The maximum Gasteiger partial charge on any atom is 0.391 e. The molecule has 0 amide bonds. The van der Waals surface area contributed by atoms with Gasteiger partial charge in [0.1, 0.15) is 5.69 Å². The highest BCUT2D eigenvalue weighted by Gasteiger charge is 2.41. The molecule has 0 atom stereocenters. The van der Waals surface area contributed by atoms with Crippen LogP contribution >= 0.6 is 0 Å². The van der Waals surface area contributed by atoms with Gasteiger partial charge in [-0.2, -0.15) is 13.2 Å². The van der Waals surface area contributed by atoms with E-state index in [-0.39, 0.29) is 24.6 Å². The standard InChI is InChI=1S/C14H17F3N2O2/c1-9-2-7-13(19(20)21)12(8-9)18-11-5-3-10(4-6-11)14(15,16)17/h2,7-8,10-11,18H,3-6H2,1H3. The van der Waals surface area contributed by atoms with Crippen molar-refractivity contribution in [2.24, 2.45) is 5.92 Å². The Morgan fingerprint density at radius 1 is 1.24 bits per heavy atom. The number of alkyl halides is 3. The fourth-order valence-electron chi connectivity index (χ4n) is 2.71. The smallest absolute Gasteiger partial charge is 0.377 e. The maximum absolute atomic E-state index is 12.6. The highest BCUT2D eigenvalue weighted by Crippen LogP contribution is 2.38. The summed E-state index contributed by atoms with van der Waals surface area (Å²) >= 11 is 0. The van der Waals surface area contributed by atoms with Gasteiger partial charge >= 0.3 is 6.18 Å². The van der Waals surface area contributed by atoms with E-state index >= 15 is 0 Å². The van der Waals surface area contributed by atoms with Gasteiger partial charge in [-0.15, -0.1) is 0 Å². The molecule has 7 heteroatoms. The molecule has 1 aliphatic rings. The van der Waals surface area contributed by atoms with Gasteiger partial charge in [0.25, 0.3) is 5.69 Å². The normalized spacial score (nSPS) is 22.9. The molecule has 0 radical (unpaired) electrons. The molecule has 1 fully saturated rings. The zero-order valence-corrected chi connectivity index (χ0v) is 11.6. The molecule has 4 nitrogen and oxygen atoms in total. The number of aryl methyl sites for hydroxylation is 1. The summed E-state index contributed by atoms with van der Waals surface area (Å²) in [5.41, 5.74) is 1.21. The first-order valence-corrected chi connectivity index (χ1v) is 6.85. The lowest BCUT2D eigenvalue weighted by atomic mass is 9.85. The third-order valence-corrected chi connectivity index (χ3v) is 3.90. The number of nitro groups is 1. The van der Waals surface area contributed by atoms with Crippen LogP contribution < -0.4 is 5.32 Å². The lowest BCUT2D eigenvalue weighted by Crippen LogP contribution is -2.32. The average Bonchev–Trinajstić information content (AvgIpc) is 2.38. The number of rotatable bonds is 3. The number of nitrogens with one attached hydrogen (secondary N) is 1. The molecular weight excluding hydrogens is 285 g/mol. The van der Waals surface area contributed by atoms with E-state index in [9.17, 15) is 23.3 Å². The topological polar surface area (TPSA) is 55.2 Å². The van der Waals surface area contributed by atoms with Crippen molar-refractivity contribution < 1.29 is 18.1 Å². The summed E-state index contributed by atoms with van der Waals surface area (Å²) in [5.74, 6) is -1.25. The molecule has 0 bridgehead atoms. The number of hydrogen-bond acceptors (Lipinski definition) is 3. The number of benzene rings is 1. The number of anilines is 1. The number of nitro benzene ring substituents is 1. The highest BCUT2D eigenvalue weighted by molar-refractivity contribution is 5.63. The van der Waals surface area contributed by atoms with E-state index < -0.39 is 17.0 Å². The third-order valence-electron chi connectivity index (χ3n) is 3.90. The van der Waals surface area contributed by atoms with Crippen molar-refractivity contribution in [1.82, 2.24) is 0 Å². The zero-order chi connectivity index (χ0) is 15.6. The van der Waals surface area contributed by atoms with Crippen LogP contribution in [0.1, 0.15) is 31.2 Å². The predicted molar refractivity (Wildman–Crippen MR) is 73.3 cm³/mol. The van der Waals surface area contributed by atoms with Crippen LogP contribution in [0.4, 0.5) is 24.5 Å². The molecule has 0 spiro atoms. The summed E-state index contributed by atoms with van der Waals surface area (Å²) in [6.45, 7) is 1.81. The molecule has 1 aliphatic carbocycles. The van der Waals surface area contributed by atoms with Crippen molar-refractivity contribution in [1.29, 1.82) is 0 Å². The lowest BCUT2D eigenvalue weighted by Gasteiger charge is -2.30. The molecule has 1 N–H and O–H groups in total. The van der Waals surface area contributed by atoms with Crippen molar-refractivity contribution in [2.45, 2.75) is 44.8 Å². The van der Waals surface area contributed by atoms with Gasteiger partial charge < -0.3 is 5.32 Å². The van der Waals surface area contributed by atoms with E-state index in [1.165, 1.54) is 6.07 Å². The van der Waals surface area contributed by atoms with Crippen molar-refractivity contribution >= 4 is 11.4 Å². The van der Waals surface area contributed by atoms with Gasteiger partial charge in [0.2, 0.25) is 0 Å². The first-order valence-electron chi connectivity index (χ1n) is 6.85. The molecule has 0 unspecified atom stereocenters. The highest BCUT2D eigenvalue weighted by atomic mass is 19.4. The molecular formula is C14H17F3N2O2. The second kappa shape index (κ2) is 5.91. The van der Waals surface area contributed by atoms with E-state index in [0.29, 0.717) is 18.5 Å². The average molecular weight is 302 g/mol. The molecule has 116 valence electrons. The fourth-order valence-corrected chi connectivity index (χ4v) is 2.71. The van der Waals surface area contributed by atoms with Gasteiger partial charge in [0.05, 0.1) is 10.8 Å². The van der Waals surface area contributed by atoms with E-state index in [1.54, 1.807) is 12.1 Å². The van der Waals surface area contributed by atoms with Gasteiger partial charge in [-0.3, -0.25) is 10.1 Å². The van der Waals surface area contributed by atoms with Crippen molar-refractivity contribution in [3.63, 3.8) is 0 Å². The number of halogens is 3. The minimum Gasteiger partial charge on any atom is -0.377 e. The van der Waals surface area contributed by atoms with E-state index in [2.05, 4.69) is 5.32 Å². The molecule has 2 rings (SSSR count). The molecule has 1 aromatic rings. The van der Waals surface area contributed by atoms with Crippen LogP contribution in [-0.4, -0.2) is 17.1 Å². The van der Waals surface area contributed by atoms with Crippen LogP contribution in [0.25, 0.3) is 0 Å². The zero-order valence-electron chi connectivity index (χ0n) is 11.6. The van der Waals surface area contributed by atoms with E-state index in [4.69, 9.17) is 0 Å². The van der Waals surface area contributed by atoms with Gasteiger partial charge in [-0.25, -0.2) is 0 Å². The Kier molecular flexibility index (Phi) is 4.39. The van der Waals surface area contributed by atoms with E-state index in [0.717, 1.165) is 5.56 Å². The van der Waals surface area contributed by atoms with Crippen LogP contribution in [0.5, 0.6) is 0 Å². The second-order valence-electron chi connectivity index (χ2n) is 5.51. The Morgan fingerprint density at radius 3 is 2.38 bits per heavy atom. The molecule has 1 aromatic carbocycles. The molecule has 0 saturated heterocycles. The van der Waals surface area contributed by atoms with Crippen LogP contribution in [0.15, 0.2) is 18.2 Å². The molecule has 21 heavy (non-hydrogen) atoms. The summed E-state index contributed by atoms with van der Waals surface area (Å²) in [6, 6.07) is 4.57. The van der Waals surface area contributed by atoms with Crippen LogP contribution in [-0.2, 0) is 0 Å². The summed E-state index contributed by atoms with van der Waals surface area (Å²) < 4.78 is 37.8. The summed E-state index contributed by atoms with van der Waals surface area (Å²) in [6.07, 6.45) is -3.26.